The van der Waals surface area contributed by atoms with Gasteiger partial charge in [-0.05, 0) is 42.3 Å². The lowest BCUT2D eigenvalue weighted by Gasteiger charge is -2.11. The van der Waals surface area contributed by atoms with Crippen molar-refractivity contribution >= 4 is 61.3 Å². The van der Waals surface area contributed by atoms with Crippen molar-refractivity contribution < 1.29 is 9.53 Å². The summed E-state index contributed by atoms with van der Waals surface area (Å²) >= 11 is 8.99. The van der Waals surface area contributed by atoms with Crippen molar-refractivity contribution in [2.24, 2.45) is 0 Å². The molecule has 0 aliphatic carbocycles. The number of carbonyl (C=O) groups is 1. The van der Waals surface area contributed by atoms with Crippen LogP contribution in [0.4, 0.5) is 10.9 Å². The third-order valence-electron chi connectivity index (χ3n) is 5.26. The molecule has 0 unspecified atom stereocenters. The van der Waals surface area contributed by atoms with E-state index in [-0.39, 0.29) is 5.91 Å². The van der Waals surface area contributed by atoms with Gasteiger partial charge in [0.1, 0.15) is 16.4 Å². The highest BCUT2D eigenvalue weighted by Gasteiger charge is 2.22. The molecule has 0 aliphatic heterocycles. The minimum Gasteiger partial charge on any atom is -0.495 e. The van der Waals surface area contributed by atoms with Crippen LogP contribution < -0.4 is 15.4 Å². The molecule has 35 heavy (non-hydrogen) atoms. The Balaban J connectivity index is 1.55. The van der Waals surface area contributed by atoms with Gasteiger partial charge in [0.2, 0.25) is 0 Å². The van der Waals surface area contributed by atoms with Crippen molar-refractivity contribution in [2.75, 3.05) is 17.7 Å². The first-order chi connectivity index (χ1) is 17.0. The van der Waals surface area contributed by atoms with Crippen LogP contribution in [-0.2, 0) is 6.54 Å². The zero-order valence-electron chi connectivity index (χ0n) is 18.7. The van der Waals surface area contributed by atoms with Crippen LogP contribution in [0.2, 0.25) is 5.02 Å². The van der Waals surface area contributed by atoms with Gasteiger partial charge in [-0.25, -0.2) is 15.0 Å². The van der Waals surface area contributed by atoms with Gasteiger partial charge in [-0.2, -0.15) is 0 Å². The number of amides is 1. The summed E-state index contributed by atoms with van der Waals surface area (Å²) in [5.74, 6) is 1.57. The number of thiazole rings is 1. The molecule has 5 rings (SSSR count). The highest BCUT2D eigenvalue weighted by atomic mass is 35.5. The van der Waals surface area contributed by atoms with Crippen LogP contribution in [0, 0.1) is 6.92 Å². The minimum absolute atomic E-state index is 0.223. The average Bonchev–Trinajstić information content (AvgIpc) is 3.50. The fourth-order valence-electron chi connectivity index (χ4n) is 3.56. The topological polar surface area (TPSA) is 102 Å². The lowest BCUT2D eigenvalue weighted by atomic mass is 10.1. The van der Waals surface area contributed by atoms with Crippen LogP contribution in [-0.4, -0.2) is 33.0 Å². The van der Waals surface area contributed by atoms with Gasteiger partial charge in [-0.1, -0.05) is 17.7 Å². The summed E-state index contributed by atoms with van der Waals surface area (Å²) in [5.41, 5.74) is 2.59. The third-order valence-corrected chi connectivity index (χ3v) is 7.43. The molecular formula is C24H19ClN6O2S2. The van der Waals surface area contributed by atoms with Gasteiger partial charge in [0.15, 0.2) is 11.0 Å². The SMILES string of the molecule is COc1ccc(CNc2nc(-c3ccncc3)nc3sc(C(=O)Nc4nccs4)c(C)c23)cc1Cl. The number of aromatic nitrogens is 4. The largest absolute Gasteiger partial charge is 0.495 e. The predicted molar refractivity (Wildman–Crippen MR) is 141 cm³/mol. The van der Waals surface area contributed by atoms with Crippen LogP contribution in [0.15, 0.2) is 54.3 Å². The molecule has 1 amide bonds. The van der Waals surface area contributed by atoms with E-state index in [9.17, 15) is 4.79 Å². The predicted octanol–water partition coefficient (Wildman–Crippen LogP) is 6.04. The number of ether oxygens (including phenoxy) is 1. The Hall–Kier alpha value is -3.60. The van der Waals surface area contributed by atoms with Gasteiger partial charge < -0.3 is 10.1 Å². The second-order valence-electron chi connectivity index (χ2n) is 7.48. The number of pyridine rings is 1. The van der Waals surface area contributed by atoms with Gasteiger partial charge in [0.25, 0.3) is 5.91 Å². The molecule has 5 aromatic rings. The second-order valence-corrected chi connectivity index (χ2v) is 9.78. The first-order valence-corrected chi connectivity index (χ1v) is 12.6. The highest BCUT2D eigenvalue weighted by Crippen LogP contribution is 2.36. The number of fused-ring (bicyclic) bond motifs is 1. The number of methoxy groups -OCH3 is 1. The number of carbonyl (C=O) groups excluding carboxylic acids is 1. The summed E-state index contributed by atoms with van der Waals surface area (Å²) < 4.78 is 5.25. The molecule has 4 heterocycles. The normalized spacial score (nSPS) is 10.9. The molecule has 0 bridgehead atoms. The van der Waals surface area contributed by atoms with Crippen LogP contribution in [0.5, 0.6) is 5.75 Å². The molecule has 4 aromatic heterocycles. The van der Waals surface area contributed by atoms with Gasteiger partial charge in [-0.15, -0.1) is 22.7 Å². The molecule has 2 N–H and O–H groups in total. The van der Waals surface area contributed by atoms with Gasteiger partial charge in [-0.3, -0.25) is 15.1 Å². The van der Waals surface area contributed by atoms with Crippen LogP contribution in [0.25, 0.3) is 21.6 Å². The maximum Gasteiger partial charge on any atom is 0.267 e. The number of hydrogen-bond donors (Lipinski definition) is 2. The van der Waals surface area contributed by atoms with Crippen LogP contribution in [0.3, 0.4) is 0 Å². The van der Waals surface area contributed by atoms with Crippen molar-refractivity contribution in [1.29, 1.82) is 0 Å². The van der Waals surface area contributed by atoms with Crippen molar-refractivity contribution in [2.45, 2.75) is 13.5 Å². The van der Waals surface area contributed by atoms with Crippen molar-refractivity contribution in [1.82, 2.24) is 19.9 Å². The van der Waals surface area contributed by atoms with Crippen LogP contribution >= 0.6 is 34.3 Å². The molecule has 0 saturated carbocycles. The fraction of sp³-hybridized carbons (Fsp3) is 0.125. The monoisotopic (exact) mass is 522 g/mol. The molecule has 0 spiro atoms. The van der Waals surface area contributed by atoms with Crippen molar-refractivity contribution in [3.05, 3.63) is 75.3 Å². The molecule has 0 saturated heterocycles. The van der Waals surface area contributed by atoms with E-state index in [1.165, 1.54) is 22.7 Å². The van der Waals surface area contributed by atoms with E-state index in [1.807, 2.05) is 42.6 Å². The van der Waals surface area contributed by atoms with E-state index in [1.54, 1.807) is 25.7 Å². The first kappa shape index (κ1) is 23.2. The number of rotatable bonds is 7. The molecular weight excluding hydrogens is 504 g/mol. The number of hydrogen-bond acceptors (Lipinski definition) is 9. The molecule has 8 nitrogen and oxygen atoms in total. The number of halogens is 1. The maximum atomic E-state index is 13.0. The number of anilines is 2. The number of aryl methyl sites for hydroxylation is 1. The van der Waals surface area contributed by atoms with E-state index >= 15 is 0 Å². The summed E-state index contributed by atoms with van der Waals surface area (Å²) in [5, 5.41) is 9.97. The average molecular weight is 523 g/mol. The Labute approximate surface area is 214 Å². The quantitative estimate of drug-likeness (QED) is 0.268. The highest BCUT2D eigenvalue weighted by molar-refractivity contribution is 7.21. The number of thiophene rings is 1. The Kier molecular flexibility index (Phi) is 6.58. The summed E-state index contributed by atoms with van der Waals surface area (Å²) in [6.45, 7) is 2.38. The zero-order chi connectivity index (χ0) is 24.4. The minimum atomic E-state index is -0.223. The van der Waals surface area contributed by atoms with Gasteiger partial charge in [0.05, 0.1) is 22.4 Å². The standard InChI is InChI=1S/C24H19ClN6O2S2/c1-13-18-21(28-12-14-3-4-17(33-2)16(25)11-14)29-20(15-5-7-26-8-6-15)30-23(18)35-19(13)22(32)31-24-27-9-10-34-24/h3-11H,12H2,1-2H3,(H,27,31,32)(H,28,29,30). The van der Waals surface area contributed by atoms with Crippen molar-refractivity contribution in [3.8, 4) is 17.1 Å². The Morgan fingerprint density at radius 1 is 1.14 bits per heavy atom. The van der Waals surface area contributed by atoms with E-state index in [0.29, 0.717) is 43.8 Å². The molecule has 176 valence electrons. The lowest BCUT2D eigenvalue weighted by molar-refractivity contribution is 0.103. The molecule has 1 aromatic carbocycles. The van der Waals surface area contributed by atoms with Crippen LogP contribution in [0.1, 0.15) is 20.8 Å². The number of nitrogens with zero attached hydrogens (tertiary/aromatic N) is 4. The number of nitrogens with one attached hydrogen (secondary N) is 2. The molecule has 11 heteroatoms. The Morgan fingerprint density at radius 3 is 2.69 bits per heavy atom. The third kappa shape index (κ3) is 4.81. The summed E-state index contributed by atoms with van der Waals surface area (Å²) in [4.78, 5) is 32.1. The Morgan fingerprint density at radius 2 is 1.97 bits per heavy atom. The molecule has 0 radical (unpaired) electrons. The number of benzene rings is 1. The summed E-state index contributed by atoms with van der Waals surface area (Å²) in [6.07, 6.45) is 5.04. The van der Waals surface area contributed by atoms with Gasteiger partial charge in [0, 0.05) is 36.1 Å². The summed E-state index contributed by atoms with van der Waals surface area (Å²) in [6, 6.07) is 9.32. The first-order valence-electron chi connectivity index (χ1n) is 10.5. The summed E-state index contributed by atoms with van der Waals surface area (Å²) in [7, 11) is 1.58. The van der Waals surface area contributed by atoms with E-state index < -0.39 is 0 Å². The van der Waals surface area contributed by atoms with Gasteiger partial charge >= 0.3 is 0 Å². The van der Waals surface area contributed by atoms with E-state index in [0.717, 1.165) is 22.1 Å². The lowest BCUT2D eigenvalue weighted by Crippen LogP contribution is -2.11. The van der Waals surface area contributed by atoms with E-state index in [4.69, 9.17) is 26.3 Å². The smallest absolute Gasteiger partial charge is 0.267 e. The molecule has 0 atom stereocenters. The fourth-order valence-corrected chi connectivity index (χ4v) is 5.44. The zero-order valence-corrected chi connectivity index (χ0v) is 21.1. The Bertz CT molecular complexity index is 1510. The molecule has 0 aliphatic rings. The van der Waals surface area contributed by atoms with Crippen molar-refractivity contribution in [3.63, 3.8) is 0 Å². The van der Waals surface area contributed by atoms with E-state index in [2.05, 4.69) is 20.6 Å². The molecule has 0 fully saturated rings. The maximum absolute atomic E-state index is 13.0. The second kappa shape index (κ2) is 9.95.